The van der Waals surface area contributed by atoms with E-state index >= 15 is 0 Å². The molecule has 3 aromatic rings. The maximum absolute atomic E-state index is 12.3. The summed E-state index contributed by atoms with van der Waals surface area (Å²) < 4.78 is 30.0. The number of nitrogens with zero attached hydrogens (tertiary/aromatic N) is 4. The van der Waals surface area contributed by atoms with E-state index in [2.05, 4.69) is 20.6 Å². The maximum atomic E-state index is 12.3. The smallest absolute Gasteiger partial charge is 0.322 e. The Morgan fingerprint density at radius 3 is 2.52 bits per heavy atom. The summed E-state index contributed by atoms with van der Waals surface area (Å²) in [6.07, 6.45) is 3.02. The Hall–Kier alpha value is -3.01. The van der Waals surface area contributed by atoms with Crippen LogP contribution in [0.2, 0.25) is 0 Å². The average molecular weight is 389 g/mol. The molecule has 27 heavy (non-hydrogen) atoms. The molecule has 1 amide bonds. The van der Waals surface area contributed by atoms with E-state index in [9.17, 15) is 13.2 Å². The van der Waals surface area contributed by atoms with Gasteiger partial charge in [-0.3, -0.25) is 14.8 Å². The maximum Gasteiger partial charge on any atom is 0.322 e. The predicted octanol–water partition coefficient (Wildman–Crippen LogP) is 2.09. The van der Waals surface area contributed by atoms with Crippen LogP contribution in [-0.4, -0.2) is 40.6 Å². The molecule has 2 heterocycles. The minimum atomic E-state index is -3.24. The van der Waals surface area contributed by atoms with E-state index in [-0.39, 0.29) is 17.0 Å². The van der Waals surface area contributed by atoms with E-state index in [0.717, 1.165) is 11.8 Å². The monoisotopic (exact) mass is 389 g/mol. The van der Waals surface area contributed by atoms with E-state index in [4.69, 9.17) is 4.42 Å². The molecule has 0 radical (unpaired) electrons. The number of amides is 1. The van der Waals surface area contributed by atoms with Crippen LogP contribution in [-0.2, 0) is 16.3 Å². The zero-order valence-electron chi connectivity index (χ0n) is 15.1. The Kier molecular flexibility index (Phi) is 5.08. The lowest BCUT2D eigenvalue weighted by Crippen LogP contribution is -2.19. The Balaban J connectivity index is 1.68. The van der Waals surface area contributed by atoms with Crippen LogP contribution >= 0.6 is 0 Å². The highest BCUT2D eigenvalue weighted by Gasteiger charge is 2.17. The normalized spacial score (nSPS) is 11.7. The van der Waals surface area contributed by atoms with Crippen molar-refractivity contribution in [3.63, 3.8) is 0 Å². The first kappa shape index (κ1) is 18.8. The summed E-state index contributed by atoms with van der Waals surface area (Å²) >= 11 is 0. The van der Waals surface area contributed by atoms with E-state index in [1.54, 1.807) is 29.1 Å². The number of carbonyl (C=O) groups excluding carboxylic acids is 1. The summed E-state index contributed by atoms with van der Waals surface area (Å²) in [6, 6.07) is 8.04. The highest BCUT2D eigenvalue weighted by Crippen LogP contribution is 2.16. The molecule has 142 valence electrons. The Bertz CT molecular complexity index is 1050. The molecular formula is C17H19N5O4S. The lowest BCUT2D eigenvalue weighted by Gasteiger charge is -2.09. The lowest BCUT2D eigenvalue weighted by atomic mass is 10.1. The average Bonchev–Trinajstić information content (AvgIpc) is 3.24. The molecule has 10 heteroatoms. The highest BCUT2D eigenvalue weighted by atomic mass is 32.2. The van der Waals surface area contributed by atoms with Gasteiger partial charge in [0.1, 0.15) is 5.69 Å². The predicted molar refractivity (Wildman–Crippen MR) is 97.2 cm³/mol. The molecule has 0 saturated heterocycles. The number of nitrogens with one attached hydrogen (secondary N) is 1. The summed E-state index contributed by atoms with van der Waals surface area (Å²) in [5.74, 6) is -0.0938. The first-order valence-corrected chi connectivity index (χ1v) is 10.1. The number of hydrogen-bond acceptors (Lipinski definition) is 7. The van der Waals surface area contributed by atoms with Crippen molar-refractivity contribution in [2.75, 3.05) is 11.6 Å². The zero-order chi connectivity index (χ0) is 19.6. The second kappa shape index (κ2) is 7.31. The van der Waals surface area contributed by atoms with E-state index in [0.29, 0.717) is 18.0 Å². The van der Waals surface area contributed by atoms with Crippen LogP contribution in [0.1, 0.15) is 41.8 Å². The Labute approximate surface area is 156 Å². The largest absolute Gasteiger partial charge is 0.407 e. The number of aromatic nitrogens is 4. The minimum Gasteiger partial charge on any atom is -0.407 e. The van der Waals surface area contributed by atoms with Gasteiger partial charge >= 0.3 is 6.01 Å². The van der Waals surface area contributed by atoms with Crippen molar-refractivity contribution in [3.8, 4) is 0 Å². The van der Waals surface area contributed by atoms with Crippen molar-refractivity contribution in [2.45, 2.75) is 31.2 Å². The number of benzene rings is 1. The fourth-order valence-electron chi connectivity index (χ4n) is 2.47. The molecule has 1 N–H and O–H groups in total. The third-order valence-corrected chi connectivity index (χ3v) is 4.91. The van der Waals surface area contributed by atoms with Crippen molar-refractivity contribution in [3.05, 3.63) is 53.7 Å². The van der Waals surface area contributed by atoms with Gasteiger partial charge in [0.15, 0.2) is 9.84 Å². The second-order valence-electron chi connectivity index (χ2n) is 6.30. The molecule has 0 aliphatic rings. The molecular weight excluding hydrogens is 370 g/mol. The van der Waals surface area contributed by atoms with Crippen LogP contribution in [0.4, 0.5) is 6.01 Å². The number of carbonyl (C=O) groups is 1. The molecule has 0 fully saturated rings. The highest BCUT2D eigenvalue weighted by molar-refractivity contribution is 7.90. The van der Waals surface area contributed by atoms with E-state index < -0.39 is 15.7 Å². The standard InChI is InChI=1S/C17H19N5O4S/c1-11(2)22-14(8-9-18-22)16(23)19-17-21-20-15(26-17)10-12-4-6-13(7-5-12)27(3,24)25/h4-9,11H,10H2,1-3H3,(H,19,21,23). The molecule has 0 aliphatic carbocycles. The molecule has 0 aliphatic heterocycles. The van der Waals surface area contributed by atoms with Crippen molar-refractivity contribution in [1.29, 1.82) is 0 Å². The summed E-state index contributed by atoms with van der Waals surface area (Å²) in [4.78, 5) is 12.6. The molecule has 1 aromatic carbocycles. The van der Waals surface area contributed by atoms with Gasteiger partial charge < -0.3 is 4.42 Å². The molecule has 0 unspecified atom stereocenters. The molecule has 2 aromatic heterocycles. The summed E-state index contributed by atoms with van der Waals surface area (Å²) in [5, 5.41) is 14.4. The topological polar surface area (TPSA) is 120 Å². The first-order chi connectivity index (χ1) is 12.7. The zero-order valence-corrected chi connectivity index (χ0v) is 15.9. The van der Waals surface area contributed by atoms with Crippen LogP contribution in [0.15, 0.2) is 45.8 Å². The molecule has 0 saturated carbocycles. The van der Waals surface area contributed by atoms with E-state index in [1.165, 1.54) is 12.1 Å². The number of sulfone groups is 1. The van der Waals surface area contributed by atoms with Crippen molar-refractivity contribution < 1.29 is 17.6 Å². The molecule has 3 rings (SSSR count). The van der Waals surface area contributed by atoms with Gasteiger partial charge in [-0.2, -0.15) is 5.10 Å². The Morgan fingerprint density at radius 2 is 1.89 bits per heavy atom. The Morgan fingerprint density at radius 1 is 1.19 bits per heavy atom. The third kappa shape index (κ3) is 4.40. The van der Waals surface area contributed by atoms with Crippen molar-refractivity contribution in [2.24, 2.45) is 0 Å². The van der Waals surface area contributed by atoms with Gasteiger partial charge in [-0.1, -0.05) is 17.2 Å². The number of anilines is 1. The van der Waals surface area contributed by atoms with Gasteiger partial charge in [-0.05, 0) is 37.6 Å². The van der Waals surface area contributed by atoms with Gasteiger partial charge in [-0.15, -0.1) is 5.10 Å². The van der Waals surface area contributed by atoms with Gasteiger partial charge in [-0.25, -0.2) is 8.42 Å². The fraction of sp³-hybridized carbons (Fsp3) is 0.294. The van der Waals surface area contributed by atoms with Gasteiger partial charge in [0, 0.05) is 18.5 Å². The van der Waals surface area contributed by atoms with Crippen LogP contribution in [0, 0.1) is 0 Å². The third-order valence-electron chi connectivity index (χ3n) is 3.79. The van der Waals surface area contributed by atoms with E-state index in [1.807, 2.05) is 13.8 Å². The van der Waals surface area contributed by atoms with Crippen molar-refractivity contribution >= 4 is 21.8 Å². The fourth-order valence-corrected chi connectivity index (χ4v) is 3.10. The summed E-state index contributed by atoms with van der Waals surface area (Å²) in [7, 11) is -3.24. The van der Waals surface area contributed by atoms with Gasteiger partial charge in [0.2, 0.25) is 5.89 Å². The summed E-state index contributed by atoms with van der Waals surface area (Å²) in [6.45, 7) is 3.84. The minimum absolute atomic E-state index is 0.0146. The molecule has 0 bridgehead atoms. The molecule has 9 nitrogen and oxygen atoms in total. The molecule has 0 spiro atoms. The number of rotatable bonds is 6. The summed E-state index contributed by atoms with van der Waals surface area (Å²) in [5.41, 5.74) is 1.20. The SMILES string of the molecule is CC(C)n1nccc1C(=O)Nc1nnc(Cc2ccc(S(C)(=O)=O)cc2)o1. The van der Waals surface area contributed by atoms with Crippen LogP contribution in [0.5, 0.6) is 0 Å². The first-order valence-electron chi connectivity index (χ1n) is 8.20. The lowest BCUT2D eigenvalue weighted by molar-refractivity contribution is 0.101. The molecule has 0 atom stereocenters. The van der Waals surface area contributed by atoms with Crippen LogP contribution in [0.3, 0.4) is 0 Å². The second-order valence-corrected chi connectivity index (χ2v) is 8.32. The van der Waals surface area contributed by atoms with Crippen LogP contribution in [0.25, 0.3) is 0 Å². The quantitative estimate of drug-likeness (QED) is 0.685. The van der Waals surface area contributed by atoms with Gasteiger partial charge in [0.05, 0.1) is 11.3 Å². The number of hydrogen-bond donors (Lipinski definition) is 1. The van der Waals surface area contributed by atoms with Gasteiger partial charge in [0.25, 0.3) is 5.91 Å². The van der Waals surface area contributed by atoms with Crippen LogP contribution < -0.4 is 5.32 Å². The van der Waals surface area contributed by atoms with Crippen molar-refractivity contribution in [1.82, 2.24) is 20.0 Å².